The molecule has 0 radical (unpaired) electrons. The second kappa shape index (κ2) is 5.53. The van der Waals surface area contributed by atoms with Crippen molar-refractivity contribution in [2.75, 3.05) is 0 Å². The molecule has 0 atom stereocenters. The number of benzene rings is 2. The van der Waals surface area contributed by atoms with Gasteiger partial charge in [-0.3, -0.25) is 0 Å². The van der Waals surface area contributed by atoms with Crippen molar-refractivity contribution in [3.05, 3.63) is 65.2 Å². The van der Waals surface area contributed by atoms with Crippen molar-refractivity contribution >= 4 is 0 Å². The van der Waals surface area contributed by atoms with E-state index < -0.39 is 0 Å². The van der Waals surface area contributed by atoms with Crippen LogP contribution in [0.15, 0.2) is 48.5 Å². The Kier molecular flexibility index (Phi) is 3.81. The Morgan fingerprint density at radius 1 is 0.941 bits per heavy atom. The van der Waals surface area contributed by atoms with Crippen molar-refractivity contribution in [3.63, 3.8) is 0 Å². The van der Waals surface area contributed by atoms with Gasteiger partial charge in [-0.1, -0.05) is 49.4 Å². The maximum atomic E-state index is 5.82. The first kappa shape index (κ1) is 11.7. The third kappa shape index (κ3) is 3.10. The average Bonchev–Trinajstić information content (AvgIpc) is 2.38. The monoisotopic (exact) mass is 226 g/mol. The van der Waals surface area contributed by atoms with E-state index >= 15 is 0 Å². The third-order valence-electron chi connectivity index (χ3n) is 2.88. The second-order valence-corrected chi connectivity index (χ2v) is 4.23. The van der Waals surface area contributed by atoms with Gasteiger partial charge >= 0.3 is 0 Å². The summed E-state index contributed by atoms with van der Waals surface area (Å²) in [4.78, 5) is 0. The molecule has 2 rings (SSSR count). The molecular weight excluding hydrogens is 208 g/mol. The smallest absolute Gasteiger partial charge is 0.122 e. The molecule has 0 aliphatic rings. The average molecular weight is 226 g/mol. The van der Waals surface area contributed by atoms with Gasteiger partial charge in [-0.15, -0.1) is 0 Å². The van der Waals surface area contributed by atoms with Gasteiger partial charge in [-0.25, -0.2) is 0 Å². The van der Waals surface area contributed by atoms with Crippen molar-refractivity contribution in [2.24, 2.45) is 0 Å². The van der Waals surface area contributed by atoms with Crippen LogP contribution in [0.5, 0.6) is 5.75 Å². The molecule has 0 amide bonds. The van der Waals surface area contributed by atoms with Gasteiger partial charge in [0.2, 0.25) is 0 Å². The molecule has 0 bridgehead atoms. The lowest BCUT2D eigenvalue weighted by molar-refractivity contribution is 0.304. The van der Waals surface area contributed by atoms with Gasteiger partial charge in [0.25, 0.3) is 0 Å². The SMILES string of the molecule is CCc1ccc(OCc2ccccc2)c(C)c1. The van der Waals surface area contributed by atoms with Crippen molar-refractivity contribution in [1.29, 1.82) is 0 Å². The minimum Gasteiger partial charge on any atom is -0.489 e. The van der Waals surface area contributed by atoms with Crippen LogP contribution in [0.3, 0.4) is 0 Å². The predicted octanol–water partition coefficient (Wildman–Crippen LogP) is 4.14. The van der Waals surface area contributed by atoms with Crippen LogP contribution in [0.1, 0.15) is 23.6 Å². The molecule has 0 saturated carbocycles. The van der Waals surface area contributed by atoms with E-state index in [9.17, 15) is 0 Å². The minimum atomic E-state index is 0.632. The highest BCUT2D eigenvalue weighted by atomic mass is 16.5. The van der Waals surface area contributed by atoms with Crippen LogP contribution in [0.2, 0.25) is 0 Å². The summed E-state index contributed by atoms with van der Waals surface area (Å²) in [6.45, 7) is 4.89. The molecule has 0 aliphatic carbocycles. The molecule has 88 valence electrons. The Bertz CT molecular complexity index is 474. The largest absolute Gasteiger partial charge is 0.489 e. The highest BCUT2D eigenvalue weighted by molar-refractivity contribution is 5.36. The van der Waals surface area contributed by atoms with Gasteiger partial charge in [0.1, 0.15) is 12.4 Å². The fraction of sp³-hybridized carbons (Fsp3) is 0.250. The number of rotatable bonds is 4. The summed E-state index contributed by atoms with van der Waals surface area (Å²) in [5.41, 5.74) is 3.77. The van der Waals surface area contributed by atoms with Crippen LogP contribution in [-0.2, 0) is 13.0 Å². The molecular formula is C16H18O. The Morgan fingerprint density at radius 2 is 1.71 bits per heavy atom. The summed E-state index contributed by atoms with van der Waals surface area (Å²) in [5, 5.41) is 0. The molecule has 0 aromatic heterocycles. The van der Waals surface area contributed by atoms with Gasteiger partial charge in [0.15, 0.2) is 0 Å². The number of aryl methyl sites for hydroxylation is 2. The summed E-state index contributed by atoms with van der Waals surface area (Å²) in [7, 11) is 0. The second-order valence-electron chi connectivity index (χ2n) is 4.23. The number of ether oxygens (including phenoxy) is 1. The summed E-state index contributed by atoms with van der Waals surface area (Å²) >= 11 is 0. The Balaban J connectivity index is 2.04. The van der Waals surface area contributed by atoms with Crippen LogP contribution in [0, 0.1) is 6.92 Å². The zero-order valence-corrected chi connectivity index (χ0v) is 10.4. The molecule has 0 unspecified atom stereocenters. The molecule has 2 aromatic rings. The standard InChI is InChI=1S/C16H18O/c1-3-14-9-10-16(13(2)11-14)17-12-15-7-5-4-6-8-15/h4-11H,3,12H2,1-2H3. The molecule has 17 heavy (non-hydrogen) atoms. The first-order chi connectivity index (χ1) is 8.29. The van der Waals surface area contributed by atoms with Crippen molar-refractivity contribution in [1.82, 2.24) is 0 Å². The fourth-order valence-electron chi connectivity index (χ4n) is 1.83. The van der Waals surface area contributed by atoms with Crippen molar-refractivity contribution in [2.45, 2.75) is 26.9 Å². The molecule has 2 aromatic carbocycles. The van der Waals surface area contributed by atoms with Crippen LogP contribution in [0.4, 0.5) is 0 Å². The van der Waals surface area contributed by atoms with Crippen LogP contribution in [0.25, 0.3) is 0 Å². The maximum absolute atomic E-state index is 5.82. The van der Waals surface area contributed by atoms with E-state index in [0.29, 0.717) is 6.61 Å². The highest BCUT2D eigenvalue weighted by Gasteiger charge is 2.00. The van der Waals surface area contributed by atoms with Crippen molar-refractivity contribution < 1.29 is 4.74 Å². The molecule has 0 aliphatic heterocycles. The van der Waals surface area contributed by atoms with E-state index in [0.717, 1.165) is 12.2 Å². The highest BCUT2D eigenvalue weighted by Crippen LogP contribution is 2.20. The Labute approximate surface area is 103 Å². The lowest BCUT2D eigenvalue weighted by atomic mass is 10.1. The Morgan fingerprint density at radius 3 is 2.35 bits per heavy atom. The third-order valence-corrected chi connectivity index (χ3v) is 2.88. The van der Waals surface area contributed by atoms with Gasteiger partial charge in [0.05, 0.1) is 0 Å². The number of hydrogen-bond donors (Lipinski definition) is 0. The molecule has 0 heterocycles. The zero-order chi connectivity index (χ0) is 12.1. The van der Waals surface area contributed by atoms with Crippen molar-refractivity contribution in [3.8, 4) is 5.75 Å². The number of hydrogen-bond acceptors (Lipinski definition) is 1. The zero-order valence-electron chi connectivity index (χ0n) is 10.4. The van der Waals surface area contributed by atoms with E-state index in [-0.39, 0.29) is 0 Å². The Hall–Kier alpha value is -1.76. The minimum absolute atomic E-state index is 0.632. The summed E-state index contributed by atoms with van der Waals surface area (Å²) in [6.07, 6.45) is 1.07. The molecule has 1 heteroatoms. The van der Waals surface area contributed by atoms with E-state index in [1.54, 1.807) is 0 Å². The van der Waals surface area contributed by atoms with E-state index in [1.807, 2.05) is 18.2 Å². The van der Waals surface area contributed by atoms with Crippen LogP contribution in [-0.4, -0.2) is 0 Å². The van der Waals surface area contributed by atoms with Gasteiger partial charge in [-0.05, 0) is 36.1 Å². The molecule has 0 N–H and O–H groups in total. The normalized spacial score (nSPS) is 10.2. The predicted molar refractivity (Wildman–Crippen MR) is 71.3 cm³/mol. The molecule has 1 nitrogen and oxygen atoms in total. The van der Waals surface area contributed by atoms with Gasteiger partial charge < -0.3 is 4.74 Å². The van der Waals surface area contributed by atoms with Crippen LogP contribution < -0.4 is 4.74 Å². The topological polar surface area (TPSA) is 9.23 Å². The first-order valence-corrected chi connectivity index (χ1v) is 6.06. The van der Waals surface area contributed by atoms with E-state index in [1.165, 1.54) is 16.7 Å². The molecule has 0 fully saturated rings. The molecule has 0 saturated heterocycles. The van der Waals surface area contributed by atoms with Crippen LogP contribution >= 0.6 is 0 Å². The quantitative estimate of drug-likeness (QED) is 0.761. The van der Waals surface area contributed by atoms with Gasteiger partial charge in [0, 0.05) is 0 Å². The summed E-state index contributed by atoms with van der Waals surface area (Å²) in [6, 6.07) is 16.6. The molecule has 0 spiro atoms. The first-order valence-electron chi connectivity index (χ1n) is 6.06. The van der Waals surface area contributed by atoms with Gasteiger partial charge in [-0.2, -0.15) is 0 Å². The summed E-state index contributed by atoms with van der Waals surface area (Å²) in [5.74, 6) is 0.978. The maximum Gasteiger partial charge on any atom is 0.122 e. The lowest BCUT2D eigenvalue weighted by Gasteiger charge is -2.10. The fourth-order valence-corrected chi connectivity index (χ4v) is 1.83. The van der Waals surface area contributed by atoms with E-state index in [2.05, 4.69) is 44.2 Å². The van der Waals surface area contributed by atoms with E-state index in [4.69, 9.17) is 4.74 Å². The summed E-state index contributed by atoms with van der Waals surface area (Å²) < 4.78 is 5.82. The lowest BCUT2D eigenvalue weighted by Crippen LogP contribution is -1.97.